The number of ether oxygens (including phenoxy) is 1. The molecule has 1 aliphatic heterocycles. The molecule has 4 rings (SSSR count). The number of anilines is 1. The van der Waals surface area contributed by atoms with Crippen LogP contribution in [0.5, 0.6) is 5.75 Å². The second-order valence-corrected chi connectivity index (χ2v) is 6.40. The van der Waals surface area contributed by atoms with Gasteiger partial charge in [0, 0.05) is 25.5 Å². The van der Waals surface area contributed by atoms with Crippen molar-refractivity contribution in [3.63, 3.8) is 0 Å². The number of hydrogen-bond donors (Lipinski definition) is 0. The Labute approximate surface area is 156 Å². The minimum Gasteiger partial charge on any atom is -0.495 e. The number of fused-ring (bicyclic) bond motifs is 1. The van der Waals surface area contributed by atoms with Crippen LogP contribution in [-0.4, -0.2) is 58.1 Å². The van der Waals surface area contributed by atoms with E-state index in [0.29, 0.717) is 35.7 Å². The highest BCUT2D eigenvalue weighted by molar-refractivity contribution is 6.04. The van der Waals surface area contributed by atoms with E-state index in [9.17, 15) is 9.59 Å². The van der Waals surface area contributed by atoms with Crippen molar-refractivity contribution in [3.05, 3.63) is 54.0 Å². The molecule has 0 N–H and O–H groups in total. The molecule has 0 unspecified atom stereocenters. The highest BCUT2D eigenvalue weighted by Gasteiger charge is 2.31. The Bertz CT molecular complexity index is 1030. The van der Waals surface area contributed by atoms with Crippen LogP contribution in [0.15, 0.2) is 42.9 Å². The van der Waals surface area contributed by atoms with Crippen molar-refractivity contribution in [2.45, 2.75) is 6.92 Å². The van der Waals surface area contributed by atoms with Crippen LogP contribution in [-0.2, 0) is 4.79 Å². The summed E-state index contributed by atoms with van der Waals surface area (Å²) in [6, 6.07) is 7.36. The maximum Gasteiger partial charge on any atom is 0.259 e. The van der Waals surface area contributed by atoms with Gasteiger partial charge in [-0.1, -0.05) is 12.1 Å². The number of amides is 2. The van der Waals surface area contributed by atoms with Gasteiger partial charge in [0.1, 0.15) is 17.9 Å². The van der Waals surface area contributed by atoms with Crippen molar-refractivity contribution in [2.24, 2.45) is 0 Å². The molecule has 1 saturated heterocycles. The third-order valence-electron chi connectivity index (χ3n) is 4.60. The molecular formula is C19H19N5O3. The third kappa shape index (κ3) is 2.99. The second-order valence-electron chi connectivity index (χ2n) is 6.40. The van der Waals surface area contributed by atoms with E-state index in [1.54, 1.807) is 22.7 Å². The molecule has 0 radical (unpaired) electrons. The number of carbonyl (C=O) groups excluding carboxylic acids is 2. The Morgan fingerprint density at radius 1 is 1.19 bits per heavy atom. The van der Waals surface area contributed by atoms with Gasteiger partial charge in [-0.15, -0.1) is 0 Å². The molecule has 1 fully saturated rings. The van der Waals surface area contributed by atoms with Gasteiger partial charge in [0.25, 0.3) is 5.91 Å². The molecule has 1 aromatic carbocycles. The number of piperazine rings is 1. The quantitative estimate of drug-likeness (QED) is 0.703. The number of hydrogen-bond acceptors (Lipinski definition) is 5. The summed E-state index contributed by atoms with van der Waals surface area (Å²) in [6.45, 7) is 2.73. The van der Waals surface area contributed by atoms with Crippen molar-refractivity contribution < 1.29 is 14.3 Å². The van der Waals surface area contributed by atoms with E-state index in [2.05, 4.69) is 10.1 Å². The van der Waals surface area contributed by atoms with Crippen LogP contribution in [0, 0.1) is 6.92 Å². The molecule has 0 bridgehead atoms. The minimum absolute atomic E-state index is 0.0000826. The lowest BCUT2D eigenvalue weighted by Gasteiger charge is -2.34. The highest BCUT2D eigenvalue weighted by atomic mass is 16.5. The van der Waals surface area contributed by atoms with Crippen molar-refractivity contribution in [1.82, 2.24) is 19.5 Å². The molecule has 3 heterocycles. The molecule has 27 heavy (non-hydrogen) atoms. The fourth-order valence-corrected chi connectivity index (χ4v) is 3.24. The van der Waals surface area contributed by atoms with Crippen molar-refractivity contribution in [1.29, 1.82) is 0 Å². The van der Waals surface area contributed by atoms with Gasteiger partial charge >= 0.3 is 0 Å². The van der Waals surface area contributed by atoms with Crippen LogP contribution in [0.1, 0.15) is 15.9 Å². The van der Waals surface area contributed by atoms with E-state index in [1.165, 1.54) is 11.1 Å². The van der Waals surface area contributed by atoms with Gasteiger partial charge in [0.2, 0.25) is 5.91 Å². The molecule has 138 valence electrons. The predicted octanol–water partition coefficient (Wildman–Crippen LogP) is 1.54. The average molecular weight is 365 g/mol. The zero-order valence-electron chi connectivity index (χ0n) is 15.1. The molecule has 2 aromatic heterocycles. The fraction of sp³-hybridized carbons (Fsp3) is 0.263. The topological polar surface area (TPSA) is 80.0 Å². The molecule has 2 amide bonds. The third-order valence-corrected chi connectivity index (χ3v) is 4.60. The number of benzene rings is 1. The van der Waals surface area contributed by atoms with Crippen LogP contribution in [0.4, 0.5) is 5.69 Å². The zero-order chi connectivity index (χ0) is 19.0. The Morgan fingerprint density at radius 2 is 2.00 bits per heavy atom. The number of aryl methyl sites for hydroxylation is 1. The molecule has 3 aromatic rings. The summed E-state index contributed by atoms with van der Waals surface area (Å²) in [5, 5.41) is 4.19. The van der Waals surface area contributed by atoms with Gasteiger partial charge in [-0.25, -0.2) is 9.50 Å². The Kier molecular flexibility index (Phi) is 4.23. The smallest absolute Gasteiger partial charge is 0.259 e. The van der Waals surface area contributed by atoms with Gasteiger partial charge in [-0.05, 0) is 24.6 Å². The molecule has 0 spiro atoms. The first-order valence-electron chi connectivity index (χ1n) is 8.61. The van der Waals surface area contributed by atoms with Crippen molar-refractivity contribution in [2.75, 3.05) is 31.6 Å². The number of aromatic nitrogens is 3. The summed E-state index contributed by atoms with van der Waals surface area (Å²) >= 11 is 0. The van der Waals surface area contributed by atoms with Crippen LogP contribution >= 0.6 is 0 Å². The maximum atomic E-state index is 12.9. The Hall–Kier alpha value is -3.42. The summed E-state index contributed by atoms with van der Waals surface area (Å²) in [5.74, 6) is 0.238. The van der Waals surface area contributed by atoms with Gasteiger partial charge in [0.05, 0.1) is 19.0 Å². The summed E-state index contributed by atoms with van der Waals surface area (Å²) in [4.78, 5) is 33.1. The first-order chi connectivity index (χ1) is 13.1. The number of nitrogens with zero attached hydrogens (tertiary/aromatic N) is 5. The van der Waals surface area contributed by atoms with Gasteiger partial charge in [-0.3, -0.25) is 9.59 Å². The normalized spacial score (nSPS) is 14.7. The minimum atomic E-state index is -0.241. The first kappa shape index (κ1) is 17.0. The molecule has 8 heteroatoms. The summed E-state index contributed by atoms with van der Waals surface area (Å²) in [5.41, 5.74) is 2.55. The lowest BCUT2D eigenvalue weighted by Crippen LogP contribution is -2.52. The number of rotatable bonds is 3. The number of carbonyl (C=O) groups is 2. The van der Waals surface area contributed by atoms with E-state index in [4.69, 9.17) is 4.74 Å². The van der Waals surface area contributed by atoms with E-state index < -0.39 is 0 Å². The molecule has 0 atom stereocenters. The highest BCUT2D eigenvalue weighted by Crippen LogP contribution is 2.29. The standard InChI is InChI=1S/C19H19N5O3/c1-13-9-20-18-14(10-21-24(18)11-13)19(26)22-7-8-23(17(25)12-22)15-5-3-4-6-16(15)27-2/h3-6,9-11H,7-8,12H2,1-2H3. The average Bonchev–Trinajstić information content (AvgIpc) is 3.10. The second kappa shape index (κ2) is 6.71. The SMILES string of the molecule is COc1ccccc1N1CCN(C(=O)c2cnn3cc(C)cnc23)CC1=O. The van der Waals surface area contributed by atoms with Crippen molar-refractivity contribution in [3.8, 4) is 5.75 Å². The van der Waals surface area contributed by atoms with E-state index >= 15 is 0 Å². The van der Waals surface area contributed by atoms with Crippen LogP contribution in [0.25, 0.3) is 5.65 Å². The predicted molar refractivity (Wildman–Crippen MR) is 99.0 cm³/mol. The monoisotopic (exact) mass is 365 g/mol. The van der Waals surface area contributed by atoms with Crippen molar-refractivity contribution >= 4 is 23.1 Å². The number of para-hydroxylation sites is 2. The molecule has 8 nitrogen and oxygen atoms in total. The summed E-state index contributed by atoms with van der Waals surface area (Å²) in [6.07, 6.45) is 5.00. The summed E-state index contributed by atoms with van der Waals surface area (Å²) < 4.78 is 6.92. The van der Waals surface area contributed by atoms with Crippen LogP contribution in [0.2, 0.25) is 0 Å². The van der Waals surface area contributed by atoms with Gasteiger partial charge in [0.15, 0.2) is 5.65 Å². The maximum absolute atomic E-state index is 12.9. The molecular weight excluding hydrogens is 346 g/mol. The van der Waals surface area contributed by atoms with Crippen LogP contribution < -0.4 is 9.64 Å². The lowest BCUT2D eigenvalue weighted by molar-refractivity contribution is -0.120. The lowest BCUT2D eigenvalue weighted by atomic mass is 10.2. The number of methoxy groups -OCH3 is 1. The molecule has 0 aliphatic carbocycles. The van der Waals surface area contributed by atoms with E-state index in [-0.39, 0.29) is 18.4 Å². The molecule has 1 aliphatic rings. The van der Waals surface area contributed by atoms with E-state index in [0.717, 1.165) is 5.56 Å². The van der Waals surface area contributed by atoms with Gasteiger partial charge in [-0.2, -0.15) is 5.10 Å². The zero-order valence-corrected chi connectivity index (χ0v) is 15.1. The van der Waals surface area contributed by atoms with Crippen LogP contribution in [0.3, 0.4) is 0 Å². The Balaban J connectivity index is 1.55. The van der Waals surface area contributed by atoms with E-state index in [1.807, 2.05) is 37.4 Å². The van der Waals surface area contributed by atoms with Gasteiger partial charge < -0.3 is 14.5 Å². The summed E-state index contributed by atoms with van der Waals surface area (Å²) in [7, 11) is 1.57. The fourth-order valence-electron chi connectivity index (χ4n) is 3.24. The Morgan fingerprint density at radius 3 is 2.78 bits per heavy atom. The molecule has 0 saturated carbocycles. The first-order valence-corrected chi connectivity index (χ1v) is 8.61. The largest absolute Gasteiger partial charge is 0.495 e.